The van der Waals surface area contributed by atoms with Crippen molar-refractivity contribution in [3.05, 3.63) is 176 Å². The smallest absolute Gasteiger partial charge is 0.143 e. The highest BCUT2D eigenvalue weighted by Crippen LogP contribution is 2.47. The predicted molar refractivity (Wildman–Crippen MR) is 229 cm³/mol. The Balaban J connectivity index is 1.06. The fraction of sp³-hybridized carbons (Fsp3) is 0. The van der Waals surface area contributed by atoms with Gasteiger partial charge in [-0.15, -0.1) is 11.3 Å². The zero-order valence-corrected chi connectivity index (χ0v) is 29.7. The summed E-state index contributed by atoms with van der Waals surface area (Å²) in [5.41, 5.74) is 9.12. The molecule has 0 atom stereocenters. The molecule has 3 nitrogen and oxygen atoms in total. The van der Waals surface area contributed by atoms with Crippen molar-refractivity contribution >= 4 is 114 Å². The normalized spacial score (nSPS) is 12.1. The lowest BCUT2D eigenvalue weighted by atomic mass is 10.0. The third kappa shape index (κ3) is 4.29. The van der Waals surface area contributed by atoms with E-state index in [0.717, 1.165) is 82.8 Å². The molecule has 0 saturated carbocycles. The molecule has 0 N–H and O–H groups in total. The standard InChI is InChI=1S/C50H29NO2S/c1-3-11-35-30(9-1)22-27-40-42-29-34(25-28-44(42)52-48(35)40)51(43-16-8-18-46-47(43)41-13-5-6-17-45(41)54-46)33-23-19-32(20-24-33)37-14-7-15-38-39-26-21-31-10-2-4-12-36(31)50(39)53-49(37)38/h1-29H. The van der Waals surface area contributed by atoms with E-state index in [1.54, 1.807) is 0 Å². The zero-order valence-electron chi connectivity index (χ0n) is 28.9. The summed E-state index contributed by atoms with van der Waals surface area (Å²) in [6.45, 7) is 0. The van der Waals surface area contributed by atoms with Crippen molar-refractivity contribution < 1.29 is 8.83 Å². The Bertz CT molecular complexity index is 3460. The van der Waals surface area contributed by atoms with Crippen LogP contribution in [0.2, 0.25) is 0 Å². The number of thiophene rings is 1. The van der Waals surface area contributed by atoms with Gasteiger partial charge in [0, 0.05) is 69.4 Å². The maximum absolute atomic E-state index is 6.72. The molecule has 0 unspecified atom stereocenters. The fourth-order valence-corrected chi connectivity index (χ4v) is 9.67. The first kappa shape index (κ1) is 29.7. The van der Waals surface area contributed by atoms with E-state index < -0.39 is 0 Å². The average Bonchev–Trinajstić information content (AvgIpc) is 3.93. The summed E-state index contributed by atoms with van der Waals surface area (Å²) in [7, 11) is 0. The van der Waals surface area contributed by atoms with Gasteiger partial charge in [-0.1, -0.05) is 115 Å². The molecular formula is C50H29NO2S. The molecule has 252 valence electrons. The van der Waals surface area contributed by atoms with Gasteiger partial charge in [-0.05, 0) is 77.0 Å². The maximum Gasteiger partial charge on any atom is 0.143 e. The number of furan rings is 2. The SMILES string of the molecule is c1ccc2c(c1)ccc1c3cc(N(c4ccc(-c5cccc6c5oc5c7ccccc7ccc65)cc4)c4cccc5sc6ccccc6c45)ccc3oc21. The van der Waals surface area contributed by atoms with Gasteiger partial charge in [0.1, 0.15) is 22.3 Å². The Morgan fingerprint density at radius 3 is 1.80 bits per heavy atom. The van der Waals surface area contributed by atoms with E-state index in [0.29, 0.717) is 0 Å². The molecule has 0 radical (unpaired) electrons. The molecule has 9 aromatic carbocycles. The largest absolute Gasteiger partial charge is 0.455 e. The number of rotatable bonds is 4. The lowest BCUT2D eigenvalue weighted by Gasteiger charge is -2.27. The van der Waals surface area contributed by atoms with Crippen LogP contribution in [0.25, 0.3) is 96.7 Å². The van der Waals surface area contributed by atoms with Crippen molar-refractivity contribution in [1.82, 2.24) is 0 Å². The maximum atomic E-state index is 6.72. The van der Waals surface area contributed by atoms with Crippen molar-refractivity contribution in [1.29, 1.82) is 0 Å². The van der Waals surface area contributed by atoms with Crippen LogP contribution in [0.15, 0.2) is 185 Å². The summed E-state index contributed by atoms with van der Waals surface area (Å²) in [4.78, 5) is 2.40. The van der Waals surface area contributed by atoms with Gasteiger partial charge < -0.3 is 13.7 Å². The summed E-state index contributed by atoms with van der Waals surface area (Å²) in [5.74, 6) is 0. The summed E-state index contributed by atoms with van der Waals surface area (Å²) >= 11 is 1.84. The molecule has 0 aliphatic heterocycles. The Morgan fingerprint density at radius 2 is 1.00 bits per heavy atom. The molecule has 0 saturated heterocycles. The first-order valence-corrected chi connectivity index (χ1v) is 19.1. The minimum atomic E-state index is 0.881. The number of hydrogen-bond donors (Lipinski definition) is 0. The van der Waals surface area contributed by atoms with E-state index in [2.05, 4.69) is 181 Å². The molecule has 3 heterocycles. The summed E-state index contributed by atoms with van der Waals surface area (Å²) in [6.07, 6.45) is 0. The number of hydrogen-bond acceptors (Lipinski definition) is 4. The second-order valence-electron chi connectivity index (χ2n) is 14.0. The van der Waals surface area contributed by atoms with Crippen LogP contribution in [0.3, 0.4) is 0 Å². The summed E-state index contributed by atoms with van der Waals surface area (Å²) in [5, 5.41) is 11.6. The van der Waals surface area contributed by atoms with Crippen LogP contribution in [-0.2, 0) is 0 Å². The van der Waals surface area contributed by atoms with Gasteiger partial charge in [0.25, 0.3) is 0 Å². The Morgan fingerprint density at radius 1 is 0.389 bits per heavy atom. The molecule has 0 fully saturated rings. The number of benzene rings is 9. The van der Waals surface area contributed by atoms with E-state index in [4.69, 9.17) is 8.83 Å². The molecule has 0 spiro atoms. The monoisotopic (exact) mass is 707 g/mol. The Labute approximate surface area is 313 Å². The van der Waals surface area contributed by atoms with Crippen LogP contribution in [0, 0.1) is 0 Å². The van der Waals surface area contributed by atoms with Gasteiger partial charge in [0.2, 0.25) is 0 Å². The zero-order chi connectivity index (χ0) is 35.3. The Hall–Kier alpha value is -6.88. The third-order valence-corrected chi connectivity index (χ3v) is 12.2. The highest BCUT2D eigenvalue weighted by Gasteiger charge is 2.21. The Kier molecular flexibility index (Phi) is 6.21. The van der Waals surface area contributed by atoms with Gasteiger partial charge in [0.15, 0.2) is 0 Å². The first-order valence-electron chi connectivity index (χ1n) is 18.2. The van der Waals surface area contributed by atoms with Crippen molar-refractivity contribution in [3.63, 3.8) is 0 Å². The van der Waals surface area contributed by atoms with Crippen LogP contribution >= 0.6 is 11.3 Å². The molecule has 12 aromatic rings. The highest BCUT2D eigenvalue weighted by atomic mass is 32.1. The highest BCUT2D eigenvalue weighted by molar-refractivity contribution is 7.26. The lowest BCUT2D eigenvalue weighted by Crippen LogP contribution is -2.10. The number of anilines is 3. The van der Waals surface area contributed by atoms with Crippen molar-refractivity contribution in [2.75, 3.05) is 4.90 Å². The van der Waals surface area contributed by atoms with Crippen LogP contribution in [-0.4, -0.2) is 0 Å². The number of nitrogens with zero attached hydrogens (tertiary/aromatic N) is 1. The minimum absolute atomic E-state index is 0.881. The van der Waals surface area contributed by atoms with E-state index in [1.165, 1.54) is 30.9 Å². The van der Waals surface area contributed by atoms with Crippen LogP contribution in [0.4, 0.5) is 17.1 Å². The molecule has 0 amide bonds. The molecule has 12 rings (SSSR count). The van der Waals surface area contributed by atoms with E-state index in [-0.39, 0.29) is 0 Å². The predicted octanol–water partition coefficient (Wildman–Crippen LogP) is 15.3. The second-order valence-corrected chi connectivity index (χ2v) is 15.1. The summed E-state index contributed by atoms with van der Waals surface area (Å²) < 4.78 is 15.8. The molecule has 0 bridgehead atoms. The van der Waals surface area contributed by atoms with Gasteiger partial charge >= 0.3 is 0 Å². The second kappa shape index (κ2) is 11.3. The molecule has 0 aliphatic carbocycles. The molecule has 54 heavy (non-hydrogen) atoms. The van der Waals surface area contributed by atoms with Gasteiger partial charge in [-0.25, -0.2) is 0 Å². The van der Waals surface area contributed by atoms with Crippen molar-refractivity contribution in [2.24, 2.45) is 0 Å². The third-order valence-electron chi connectivity index (χ3n) is 11.1. The van der Waals surface area contributed by atoms with Crippen LogP contribution in [0.1, 0.15) is 0 Å². The molecule has 4 heteroatoms. The molecule has 0 aliphatic rings. The van der Waals surface area contributed by atoms with E-state index in [9.17, 15) is 0 Å². The van der Waals surface area contributed by atoms with Gasteiger partial charge in [-0.2, -0.15) is 0 Å². The van der Waals surface area contributed by atoms with Crippen molar-refractivity contribution in [2.45, 2.75) is 0 Å². The first-order chi connectivity index (χ1) is 26.8. The topological polar surface area (TPSA) is 29.5 Å². The van der Waals surface area contributed by atoms with Crippen LogP contribution in [0.5, 0.6) is 0 Å². The van der Waals surface area contributed by atoms with Gasteiger partial charge in [0.05, 0.1) is 5.69 Å². The lowest BCUT2D eigenvalue weighted by molar-refractivity contribution is 0.672. The average molecular weight is 708 g/mol. The van der Waals surface area contributed by atoms with Crippen LogP contribution < -0.4 is 4.90 Å². The fourth-order valence-electron chi connectivity index (χ4n) is 8.54. The number of para-hydroxylation sites is 1. The summed E-state index contributed by atoms with van der Waals surface area (Å²) in [6, 6.07) is 63.0. The molecular weight excluding hydrogens is 679 g/mol. The minimum Gasteiger partial charge on any atom is -0.455 e. The van der Waals surface area contributed by atoms with Crippen molar-refractivity contribution in [3.8, 4) is 11.1 Å². The van der Waals surface area contributed by atoms with E-state index in [1.807, 2.05) is 11.3 Å². The van der Waals surface area contributed by atoms with E-state index >= 15 is 0 Å². The molecule has 3 aromatic heterocycles. The number of fused-ring (bicyclic) bond motifs is 13. The quantitative estimate of drug-likeness (QED) is 0.182. The van der Waals surface area contributed by atoms with Gasteiger partial charge in [-0.3, -0.25) is 0 Å².